The molecule has 0 saturated carbocycles. The van der Waals surface area contributed by atoms with Crippen LogP contribution >= 0.6 is 11.6 Å². The lowest BCUT2D eigenvalue weighted by atomic mass is 10.1. The van der Waals surface area contributed by atoms with Crippen LogP contribution in [-0.4, -0.2) is 21.2 Å². The molecule has 0 saturated heterocycles. The van der Waals surface area contributed by atoms with E-state index in [2.05, 4.69) is 17.4 Å². The number of hydrogen-bond donors (Lipinski definition) is 1. The summed E-state index contributed by atoms with van der Waals surface area (Å²) in [5.41, 5.74) is 4.37. The highest BCUT2D eigenvalue weighted by Crippen LogP contribution is 2.32. The number of halogens is 1. The number of anilines is 2. The third-order valence-electron chi connectivity index (χ3n) is 3.38. The predicted molar refractivity (Wildman–Crippen MR) is 90.8 cm³/mol. The molecular formula is C17H21ClN2O. The summed E-state index contributed by atoms with van der Waals surface area (Å²) >= 11 is 6.27. The van der Waals surface area contributed by atoms with Gasteiger partial charge in [0, 0.05) is 20.6 Å². The van der Waals surface area contributed by atoms with Crippen LogP contribution in [0.5, 0.6) is 5.75 Å². The topological polar surface area (TPSA) is 24.5 Å². The van der Waals surface area contributed by atoms with E-state index >= 15 is 0 Å². The Kier molecular flexibility index (Phi) is 4.97. The molecular weight excluding hydrogens is 284 g/mol. The Labute approximate surface area is 131 Å². The Hall–Kier alpha value is -1.87. The van der Waals surface area contributed by atoms with E-state index < -0.39 is 0 Å². The second-order valence-corrected chi connectivity index (χ2v) is 5.60. The number of para-hydroxylation sites is 1. The molecule has 2 aromatic carbocycles. The average molecular weight is 305 g/mol. The van der Waals surface area contributed by atoms with Gasteiger partial charge in [0.1, 0.15) is 5.75 Å². The fourth-order valence-corrected chi connectivity index (χ4v) is 2.70. The van der Waals surface area contributed by atoms with Crippen LogP contribution in [0.3, 0.4) is 0 Å². The highest BCUT2D eigenvalue weighted by Gasteiger charge is 2.09. The molecule has 0 fully saturated rings. The summed E-state index contributed by atoms with van der Waals surface area (Å²) in [5, 5.41) is 4.20. The molecule has 0 bridgehead atoms. The monoisotopic (exact) mass is 304 g/mol. The lowest BCUT2D eigenvalue weighted by molar-refractivity contribution is 0.411. The van der Waals surface area contributed by atoms with E-state index in [1.54, 1.807) is 7.11 Å². The average Bonchev–Trinajstić information content (AvgIpc) is 2.44. The highest BCUT2D eigenvalue weighted by atomic mass is 35.5. The summed E-state index contributed by atoms with van der Waals surface area (Å²) in [5.74, 6) is 0.912. The molecule has 2 aromatic rings. The minimum atomic E-state index is 0.742. The number of rotatable bonds is 5. The van der Waals surface area contributed by atoms with Crippen molar-refractivity contribution in [3.05, 3.63) is 52.5 Å². The van der Waals surface area contributed by atoms with E-state index in [1.165, 1.54) is 5.56 Å². The van der Waals surface area contributed by atoms with Crippen molar-refractivity contribution in [1.82, 2.24) is 0 Å². The molecule has 0 aromatic heterocycles. The van der Waals surface area contributed by atoms with Gasteiger partial charge in [-0.05, 0) is 36.2 Å². The second-order valence-electron chi connectivity index (χ2n) is 5.19. The molecule has 3 nitrogen and oxygen atoms in total. The van der Waals surface area contributed by atoms with Crippen molar-refractivity contribution in [3.8, 4) is 5.75 Å². The van der Waals surface area contributed by atoms with Crippen LogP contribution in [0.1, 0.15) is 11.1 Å². The van der Waals surface area contributed by atoms with Crippen LogP contribution in [0, 0.1) is 6.92 Å². The van der Waals surface area contributed by atoms with Gasteiger partial charge in [-0.3, -0.25) is 0 Å². The number of nitrogens with one attached hydrogen (secondary N) is 1. The summed E-state index contributed by atoms with van der Waals surface area (Å²) < 4.78 is 5.28. The van der Waals surface area contributed by atoms with Crippen LogP contribution in [0.4, 0.5) is 11.4 Å². The van der Waals surface area contributed by atoms with Gasteiger partial charge < -0.3 is 15.0 Å². The lowest BCUT2D eigenvalue weighted by Gasteiger charge is -2.20. The van der Waals surface area contributed by atoms with E-state index in [9.17, 15) is 0 Å². The molecule has 0 amide bonds. The van der Waals surface area contributed by atoms with Gasteiger partial charge in [-0.2, -0.15) is 0 Å². The van der Waals surface area contributed by atoms with Gasteiger partial charge >= 0.3 is 0 Å². The molecule has 4 heteroatoms. The SMILES string of the molecule is COc1ccc(CNc2cccc(Cl)c2N(C)C)cc1C. The molecule has 0 atom stereocenters. The first-order valence-corrected chi connectivity index (χ1v) is 7.24. The smallest absolute Gasteiger partial charge is 0.121 e. The molecule has 0 unspecified atom stereocenters. The minimum Gasteiger partial charge on any atom is -0.496 e. The van der Waals surface area contributed by atoms with Crippen LogP contribution < -0.4 is 15.0 Å². The standard InChI is InChI=1S/C17H21ClN2O/c1-12-10-13(8-9-16(12)21-4)11-19-15-7-5-6-14(18)17(15)20(2)3/h5-10,19H,11H2,1-4H3. The third-order valence-corrected chi connectivity index (χ3v) is 3.68. The number of nitrogens with zero attached hydrogens (tertiary/aromatic N) is 1. The molecule has 21 heavy (non-hydrogen) atoms. The quantitative estimate of drug-likeness (QED) is 0.889. The van der Waals surface area contributed by atoms with Crippen LogP contribution in [0.15, 0.2) is 36.4 Å². The molecule has 112 valence electrons. The van der Waals surface area contributed by atoms with E-state index in [1.807, 2.05) is 50.2 Å². The maximum Gasteiger partial charge on any atom is 0.121 e. The van der Waals surface area contributed by atoms with Crippen molar-refractivity contribution in [3.63, 3.8) is 0 Å². The lowest BCUT2D eigenvalue weighted by Crippen LogP contribution is -2.12. The molecule has 0 aliphatic carbocycles. The van der Waals surface area contributed by atoms with Crippen molar-refractivity contribution >= 4 is 23.0 Å². The Morgan fingerprint density at radius 1 is 1.19 bits per heavy atom. The molecule has 0 heterocycles. The number of ether oxygens (including phenoxy) is 1. The Morgan fingerprint density at radius 3 is 2.57 bits per heavy atom. The molecule has 2 rings (SSSR count). The number of aryl methyl sites for hydroxylation is 1. The molecule has 0 aliphatic heterocycles. The van der Waals surface area contributed by atoms with Crippen molar-refractivity contribution in [2.75, 3.05) is 31.4 Å². The van der Waals surface area contributed by atoms with Gasteiger partial charge in [0.2, 0.25) is 0 Å². The molecule has 0 spiro atoms. The van der Waals surface area contributed by atoms with E-state index in [0.29, 0.717) is 0 Å². The van der Waals surface area contributed by atoms with Crippen molar-refractivity contribution < 1.29 is 4.74 Å². The zero-order chi connectivity index (χ0) is 15.4. The summed E-state index contributed by atoms with van der Waals surface area (Å²) in [6.07, 6.45) is 0. The summed E-state index contributed by atoms with van der Waals surface area (Å²) in [6, 6.07) is 12.1. The van der Waals surface area contributed by atoms with Crippen molar-refractivity contribution in [2.45, 2.75) is 13.5 Å². The Morgan fingerprint density at radius 2 is 1.95 bits per heavy atom. The fraction of sp³-hybridized carbons (Fsp3) is 0.294. The Bertz CT molecular complexity index is 626. The minimum absolute atomic E-state index is 0.742. The van der Waals surface area contributed by atoms with Gasteiger partial charge in [-0.15, -0.1) is 0 Å². The first kappa shape index (κ1) is 15.5. The molecule has 0 radical (unpaired) electrons. The van der Waals surface area contributed by atoms with Gasteiger partial charge in [-0.1, -0.05) is 29.8 Å². The van der Waals surface area contributed by atoms with E-state index in [0.717, 1.165) is 34.3 Å². The summed E-state index contributed by atoms with van der Waals surface area (Å²) in [4.78, 5) is 2.02. The van der Waals surface area contributed by atoms with E-state index in [4.69, 9.17) is 16.3 Å². The van der Waals surface area contributed by atoms with Crippen LogP contribution in [0.25, 0.3) is 0 Å². The van der Waals surface area contributed by atoms with E-state index in [-0.39, 0.29) is 0 Å². The summed E-state index contributed by atoms with van der Waals surface area (Å²) in [7, 11) is 5.67. The predicted octanol–water partition coefficient (Wildman–Crippen LogP) is 4.34. The summed E-state index contributed by atoms with van der Waals surface area (Å²) in [6.45, 7) is 2.79. The number of benzene rings is 2. The van der Waals surface area contributed by atoms with Gasteiger partial charge in [0.25, 0.3) is 0 Å². The molecule has 1 N–H and O–H groups in total. The van der Waals surface area contributed by atoms with Crippen molar-refractivity contribution in [1.29, 1.82) is 0 Å². The number of hydrogen-bond acceptors (Lipinski definition) is 3. The first-order valence-electron chi connectivity index (χ1n) is 6.86. The fourth-order valence-electron chi connectivity index (χ4n) is 2.36. The molecule has 0 aliphatic rings. The number of methoxy groups -OCH3 is 1. The highest BCUT2D eigenvalue weighted by molar-refractivity contribution is 6.34. The van der Waals surface area contributed by atoms with Gasteiger partial charge in [0.05, 0.1) is 23.5 Å². The third kappa shape index (κ3) is 3.61. The van der Waals surface area contributed by atoms with Crippen LogP contribution in [0.2, 0.25) is 5.02 Å². The largest absolute Gasteiger partial charge is 0.496 e. The maximum absolute atomic E-state index is 6.27. The van der Waals surface area contributed by atoms with Gasteiger partial charge in [-0.25, -0.2) is 0 Å². The second kappa shape index (κ2) is 6.72. The van der Waals surface area contributed by atoms with Gasteiger partial charge in [0.15, 0.2) is 0 Å². The first-order chi connectivity index (χ1) is 10.0. The zero-order valence-electron chi connectivity index (χ0n) is 12.9. The Balaban J connectivity index is 2.17. The normalized spacial score (nSPS) is 10.3. The van der Waals surface area contributed by atoms with Crippen LogP contribution in [-0.2, 0) is 6.54 Å². The zero-order valence-corrected chi connectivity index (χ0v) is 13.7. The maximum atomic E-state index is 6.27. The van der Waals surface area contributed by atoms with Crippen molar-refractivity contribution in [2.24, 2.45) is 0 Å².